The van der Waals surface area contributed by atoms with E-state index in [1.807, 2.05) is 0 Å². The van der Waals surface area contributed by atoms with Gasteiger partial charge in [0.25, 0.3) is 0 Å². The van der Waals surface area contributed by atoms with Crippen LogP contribution in [0.4, 0.5) is 0 Å². The van der Waals surface area contributed by atoms with Gasteiger partial charge in [-0.25, -0.2) is 0 Å². The molecule has 3 unspecified atom stereocenters. The molecule has 1 nitrogen and oxygen atoms in total. The Labute approximate surface area is 115 Å². The summed E-state index contributed by atoms with van der Waals surface area (Å²) in [5.41, 5.74) is 0. The molecule has 0 aromatic rings. The van der Waals surface area contributed by atoms with Crippen LogP contribution in [0, 0.1) is 0 Å². The molecule has 1 rings (SSSR count). The van der Waals surface area contributed by atoms with Crippen molar-refractivity contribution in [2.24, 2.45) is 0 Å². The fourth-order valence-corrected chi connectivity index (χ4v) is 3.40. The number of alkyl halides is 1. The van der Waals surface area contributed by atoms with Gasteiger partial charge in [-0.1, -0.05) is 68.0 Å². The zero-order valence-corrected chi connectivity index (χ0v) is 13.0. The van der Waals surface area contributed by atoms with Crippen LogP contribution in [0.1, 0.15) is 71.6 Å². The summed E-state index contributed by atoms with van der Waals surface area (Å²) >= 11 is 2.58. The molecule has 16 heavy (non-hydrogen) atoms. The lowest BCUT2D eigenvalue weighted by molar-refractivity contribution is -0.0188. The number of halogens is 1. The summed E-state index contributed by atoms with van der Waals surface area (Å²) < 4.78 is 6.93. The molecular formula is C14H27IO. The lowest BCUT2D eigenvalue weighted by Gasteiger charge is -2.30. The van der Waals surface area contributed by atoms with E-state index in [1.54, 1.807) is 0 Å². The van der Waals surface area contributed by atoms with Crippen LogP contribution < -0.4 is 0 Å². The molecule has 0 bridgehead atoms. The third-order valence-corrected chi connectivity index (χ3v) is 4.92. The summed E-state index contributed by atoms with van der Waals surface area (Å²) in [6.45, 7) is 4.52. The van der Waals surface area contributed by atoms with Crippen molar-refractivity contribution in [1.29, 1.82) is 0 Å². The van der Waals surface area contributed by atoms with Crippen molar-refractivity contribution in [1.82, 2.24) is 0 Å². The van der Waals surface area contributed by atoms with E-state index in [9.17, 15) is 0 Å². The van der Waals surface area contributed by atoms with Crippen molar-refractivity contribution in [3.63, 3.8) is 0 Å². The maximum Gasteiger partial charge on any atom is 0.0696 e. The maximum absolute atomic E-state index is 6.18. The molecule has 0 radical (unpaired) electrons. The third-order valence-electron chi connectivity index (χ3n) is 3.49. The first-order chi connectivity index (χ1) is 7.74. The Hall–Kier alpha value is 0.690. The van der Waals surface area contributed by atoms with Crippen molar-refractivity contribution in [3.05, 3.63) is 0 Å². The Morgan fingerprint density at radius 3 is 2.62 bits per heavy atom. The monoisotopic (exact) mass is 338 g/mol. The van der Waals surface area contributed by atoms with Crippen molar-refractivity contribution in [3.8, 4) is 0 Å². The fourth-order valence-electron chi connectivity index (χ4n) is 2.43. The number of hydrogen-bond donors (Lipinski definition) is 0. The first-order valence-electron chi connectivity index (χ1n) is 7.03. The van der Waals surface area contributed by atoms with E-state index in [0.29, 0.717) is 12.2 Å². The summed E-state index contributed by atoms with van der Waals surface area (Å²) in [5, 5.41) is 0. The van der Waals surface area contributed by atoms with Gasteiger partial charge in [-0.2, -0.15) is 0 Å². The number of hydrogen-bond acceptors (Lipinski definition) is 1. The SMILES string of the molecule is CCCCCCC(C)OC1CCCCC1I. The minimum absolute atomic E-state index is 0.470. The molecule has 1 aliphatic rings. The molecule has 0 amide bonds. The van der Waals surface area contributed by atoms with Crippen LogP contribution in [0.15, 0.2) is 0 Å². The van der Waals surface area contributed by atoms with Crippen molar-refractivity contribution < 1.29 is 4.74 Å². The average molecular weight is 338 g/mol. The lowest BCUT2D eigenvalue weighted by atomic mass is 9.97. The summed E-state index contributed by atoms with van der Waals surface area (Å²) in [6, 6.07) is 0. The standard InChI is InChI=1S/C14H27IO/c1-3-4-5-6-9-12(2)16-14-11-8-7-10-13(14)15/h12-14H,3-11H2,1-2H3. The van der Waals surface area contributed by atoms with Crippen molar-refractivity contribution >= 4 is 22.6 Å². The minimum atomic E-state index is 0.470. The number of unbranched alkanes of at least 4 members (excludes halogenated alkanes) is 3. The Morgan fingerprint density at radius 2 is 1.94 bits per heavy atom. The zero-order chi connectivity index (χ0) is 11.8. The molecule has 0 aliphatic heterocycles. The highest BCUT2D eigenvalue weighted by atomic mass is 127. The second kappa shape index (κ2) is 8.73. The van der Waals surface area contributed by atoms with Crippen molar-refractivity contribution in [2.75, 3.05) is 0 Å². The predicted octanol–water partition coefficient (Wildman–Crippen LogP) is 5.11. The topological polar surface area (TPSA) is 9.23 Å². The van der Waals surface area contributed by atoms with Crippen LogP contribution in [0.5, 0.6) is 0 Å². The zero-order valence-electron chi connectivity index (χ0n) is 10.9. The van der Waals surface area contributed by atoms with E-state index < -0.39 is 0 Å². The van der Waals surface area contributed by atoms with E-state index >= 15 is 0 Å². The largest absolute Gasteiger partial charge is 0.374 e. The quantitative estimate of drug-likeness (QED) is 0.356. The molecule has 0 N–H and O–H groups in total. The Morgan fingerprint density at radius 1 is 1.19 bits per heavy atom. The average Bonchev–Trinajstić information content (AvgIpc) is 2.28. The van der Waals surface area contributed by atoms with Crippen LogP contribution in [0.2, 0.25) is 0 Å². The van der Waals surface area contributed by atoms with E-state index in [2.05, 4.69) is 36.4 Å². The van der Waals surface area contributed by atoms with Crippen LogP contribution in [-0.2, 0) is 4.74 Å². The fraction of sp³-hybridized carbons (Fsp3) is 1.00. The number of rotatable bonds is 7. The van der Waals surface area contributed by atoms with Gasteiger partial charge >= 0.3 is 0 Å². The molecule has 0 heterocycles. The third kappa shape index (κ3) is 5.85. The molecule has 2 heteroatoms. The molecule has 1 fully saturated rings. The van der Waals surface area contributed by atoms with Crippen LogP contribution >= 0.6 is 22.6 Å². The van der Waals surface area contributed by atoms with Gasteiger partial charge in [0.05, 0.1) is 12.2 Å². The lowest BCUT2D eigenvalue weighted by Crippen LogP contribution is -2.31. The number of ether oxygens (including phenoxy) is 1. The molecule has 0 aromatic heterocycles. The van der Waals surface area contributed by atoms with Crippen LogP contribution in [0.3, 0.4) is 0 Å². The van der Waals surface area contributed by atoms with Gasteiger partial charge in [0.15, 0.2) is 0 Å². The van der Waals surface area contributed by atoms with Gasteiger partial charge in [-0.3, -0.25) is 0 Å². The second-order valence-corrected chi connectivity index (χ2v) is 6.73. The first-order valence-corrected chi connectivity index (χ1v) is 8.28. The molecular weight excluding hydrogens is 311 g/mol. The summed E-state index contributed by atoms with van der Waals surface area (Å²) in [5.74, 6) is 0. The van der Waals surface area contributed by atoms with Crippen LogP contribution in [-0.4, -0.2) is 16.1 Å². The molecule has 0 aromatic carbocycles. The van der Waals surface area contributed by atoms with Crippen LogP contribution in [0.25, 0.3) is 0 Å². The maximum atomic E-state index is 6.18. The van der Waals surface area contributed by atoms with Gasteiger partial charge in [-0.05, 0) is 26.2 Å². The molecule has 0 saturated heterocycles. The predicted molar refractivity (Wildman–Crippen MR) is 79.4 cm³/mol. The van der Waals surface area contributed by atoms with Gasteiger partial charge in [0, 0.05) is 3.92 Å². The molecule has 1 saturated carbocycles. The minimum Gasteiger partial charge on any atom is -0.374 e. The Bertz CT molecular complexity index is 172. The Kier molecular flexibility index (Phi) is 8.05. The molecule has 0 spiro atoms. The van der Waals surface area contributed by atoms with Gasteiger partial charge < -0.3 is 4.74 Å². The highest BCUT2D eigenvalue weighted by molar-refractivity contribution is 14.1. The molecule has 96 valence electrons. The highest BCUT2D eigenvalue weighted by Gasteiger charge is 2.24. The summed E-state index contributed by atoms with van der Waals surface area (Å²) in [4.78, 5) is 0. The molecule has 3 atom stereocenters. The normalized spacial score (nSPS) is 27.9. The summed E-state index contributed by atoms with van der Waals surface area (Å²) in [7, 11) is 0. The van der Waals surface area contributed by atoms with E-state index in [1.165, 1.54) is 57.8 Å². The molecule has 1 aliphatic carbocycles. The van der Waals surface area contributed by atoms with E-state index in [4.69, 9.17) is 4.74 Å². The van der Waals surface area contributed by atoms with E-state index in [0.717, 1.165) is 3.92 Å². The second-order valence-electron chi connectivity index (χ2n) is 5.13. The Balaban J connectivity index is 2.09. The smallest absolute Gasteiger partial charge is 0.0696 e. The summed E-state index contributed by atoms with van der Waals surface area (Å²) in [6.07, 6.45) is 13.1. The first kappa shape index (κ1) is 14.7. The highest BCUT2D eigenvalue weighted by Crippen LogP contribution is 2.28. The van der Waals surface area contributed by atoms with Gasteiger partial charge in [-0.15, -0.1) is 0 Å². The van der Waals surface area contributed by atoms with E-state index in [-0.39, 0.29) is 0 Å². The van der Waals surface area contributed by atoms with Gasteiger partial charge in [0.2, 0.25) is 0 Å². The van der Waals surface area contributed by atoms with Crippen molar-refractivity contribution in [2.45, 2.75) is 87.8 Å². The van der Waals surface area contributed by atoms with Gasteiger partial charge in [0.1, 0.15) is 0 Å².